The van der Waals surface area contributed by atoms with Crippen LogP contribution in [0.2, 0.25) is 0 Å². The van der Waals surface area contributed by atoms with Crippen LogP contribution in [0.15, 0.2) is 0 Å². The van der Waals surface area contributed by atoms with Crippen molar-refractivity contribution in [1.82, 2.24) is 0 Å². The molecule has 1 unspecified atom stereocenters. The van der Waals surface area contributed by atoms with E-state index in [9.17, 15) is 14.7 Å². The molecule has 40 heavy (non-hydrogen) atoms. The first-order chi connectivity index (χ1) is 19.3. The number of esters is 2. The molecule has 0 heterocycles. The van der Waals surface area contributed by atoms with Crippen LogP contribution >= 0.6 is 0 Å². The molecule has 0 amide bonds. The Morgan fingerprint density at radius 1 is 0.525 bits per heavy atom. The molecule has 1 N–H and O–H groups in total. The van der Waals surface area contributed by atoms with E-state index >= 15 is 0 Å². The summed E-state index contributed by atoms with van der Waals surface area (Å²) in [5.74, 6) is 1.12. The van der Waals surface area contributed by atoms with Gasteiger partial charge in [0.1, 0.15) is 19.3 Å². The monoisotopic (exact) mass is 569 g/mol. The van der Waals surface area contributed by atoms with Gasteiger partial charge in [-0.25, -0.2) is 0 Å². The van der Waals surface area contributed by atoms with E-state index in [4.69, 9.17) is 9.47 Å². The summed E-state index contributed by atoms with van der Waals surface area (Å²) in [6, 6.07) is 0. The Morgan fingerprint density at radius 2 is 0.850 bits per heavy atom. The second kappa shape index (κ2) is 29.4. The molecule has 0 aliphatic heterocycles. The zero-order valence-electron chi connectivity index (χ0n) is 27.2. The highest BCUT2D eigenvalue weighted by molar-refractivity contribution is 5.69. The first kappa shape index (κ1) is 38.9. The highest BCUT2D eigenvalue weighted by Gasteiger charge is 2.12. The number of unbranched alkanes of at least 4 members (excludes halogenated alkanes) is 17. The zero-order chi connectivity index (χ0) is 29.7. The second-order valence-electron chi connectivity index (χ2n) is 12.7. The molecule has 0 aliphatic rings. The van der Waals surface area contributed by atoms with Crippen LogP contribution in [0.4, 0.5) is 0 Å². The third kappa shape index (κ3) is 29.9. The standard InChI is InChI=1S/C35H68O5/c1-5-32(4)26-22-18-15-16-20-24-28-35(38)40-30-33(36)29-39-34(37)27-23-19-14-12-10-8-6-7-9-11-13-17-21-25-31(2)3/h31-33,36H,5-30H2,1-4H3/t32?,33-/m1/s1. The molecule has 2 atom stereocenters. The van der Waals surface area contributed by atoms with Gasteiger partial charge < -0.3 is 14.6 Å². The number of hydrogen-bond acceptors (Lipinski definition) is 5. The molecule has 0 saturated heterocycles. The molecular weight excluding hydrogens is 500 g/mol. The van der Waals surface area contributed by atoms with E-state index in [0.29, 0.717) is 12.8 Å². The van der Waals surface area contributed by atoms with E-state index < -0.39 is 6.10 Å². The first-order valence-electron chi connectivity index (χ1n) is 17.3. The van der Waals surface area contributed by atoms with Crippen LogP contribution in [0.5, 0.6) is 0 Å². The minimum atomic E-state index is -0.955. The lowest BCUT2D eigenvalue weighted by Gasteiger charge is -2.12. The van der Waals surface area contributed by atoms with Crippen molar-refractivity contribution in [3.63, 3.8) is 0 Å². The number of aliphatic hydroxyl groups is 1. The SMILES string of the molecule is CCC(C)CCCCCCCCC(=O)OC[C@H](O)COC(=O)CCCCCCCCCCCCCCCC(C)C. The quantitative estimate of drug-likeness (QED) is 0.0689. The van der Waals surface area contributed by atoms with Gasteiger partial charge in [0, 0.05) is 12.8 Å². The van der Waals surface area contributed by atoms with E-state index in [-0.39, 0.29) is 25.2 Å². The molecule has 0 aromatic rings. The summed E-state index contributed by atoms with van der Waals surface area (Å²) >= 11 is 0. The molecule has 0 spiro atoms. The third-order valence-electron chi connectivity index (χ3n) is 8.06. The van der Waals surface area contributed by atoms with Gasteiger partial charge in [0.05, 0.1) is 0 Å². The summed E-state index contributed by atoms with van der Waals surface area (Å²) in [6.45, 7) is 8.96. The van der Waals surface area contributed by atoms with Crippen LogP contribution < -0.4 is 0 Å². The fourth-order valence-electron chi connectivity index (χ4n) is 5.01. The van der Waals surface area contributed by atoms with E-state index in [2.05, 4.69) is 27.7 Å². The second-order valence-corrected chi connectivity index (χ2v) is 12.7. The van der Waals surface area contributed by atoms with Crippen LogP contribution in [-0.4, -0.2) is 36.4 Å². The largest absolute Gasteiger partial charge is 0.463 e. The topological polar surface area (TPSA) is 72.8 Å². The highest BCUT2D eigenvalue weighted by atomic mass is 16.6. The van der Waals surface area contributed by atoms with Crippen molar-refractivity contribution < 1.29 is 24.2 Å². The molecule has 5 heteroatoms. The molecular formula is C35H68O5. The van der Waals surface area contributed by atoms with Gasteiger partial charge in [-0.2, -0.15) is 0 Å². The minimum absolute atomic E-state index is 0.110. The van der Waals surface area contributed by atoms with Crippen molar-refractivity contribution in [3.8, 4) is 0 Å². The number of carbonyl (C=O) groups excluding carboxylic acids is 2. The van der Waals surface area contributed by atoms with Crippen molar-refractivity contribution in [2.45, 2.75) is 188 Å². The zero-order valence-corrected chi connectivity index (χ0v) is 27.2. The van der Waals surface area contributed by atoms with Gasteiger partial charge in [-0.05, 0) is 24.7 Å². The van der Waals surface area contributed by atoms with Gasteiger partial charge in [0.2, 0.25) is 0 Å². The van der Waals surface area contributed by atoms with Crippen molar-refractivity contribution in [1.29, 1.82) is 0 Å². The summed E-state index contributed by atoms with van der Waals surface area (Å²) < 4.78 is 10.3. The molecule has 0 bridgehead atoms. The Labute approximate surface area is 248 Å². The molecule has 5 nitrogen and oxygen atoms in total. The molecule has 0 aromatic carbocycles. The van der Waals surface area contributed by atoms with Gasteiger partial charge >= 0.3 is 11.9 Å². The predicted octanol–water partition coefficient (Wildman–Crippen LogP) is 10.1. The number of ether oxygens (including phenoxy) is 2. The summed E-state index contributed by atoms with van der Waals surface area (Å²) in [7, 11) is 0. The Kier molecular flexibility index (Phi) is 28.6. The van der Waals surface area contributed by atoms with Crippen molar-refractivity contribution in [3.05, 3.63) is 0 Å². The fourth-order valence-corrected chi connectivity index (χ4v) is 5.01. The smallest absolute Gasteiger partial charge is 0.305 e. The molecule has 0 radical (unpaired) electrons. The maximum absolute atomic E-state index is 11.9. The Hall–Kier alpha value is -1.10. The molecule has 0 aromatic heterocycles. The Bertz CT molecular complexity index is 562. The van der Waals surface area contributed by atoms with Crippen molar-refractivity contribution >= 4 is 11.9 Å². The molecule has 0 aliphatic carbocycles. The van der Waals surface area contributed by atoms with Crippen molar-refractivity contribution in [2.24, 2.45) is 11.8 Å². The Morgan fingerprint density at radius 3 is 1.20 bits per heavy atom. The average Bonchev–Trinajstić information content (AvgIpc) is 2.93. The first-order valence-corrected chi connectivity index (χ1v) is 17.3. The number of rotatable bonds is 30. The van der Waals surface area contributed by atoms with Gasteiger partial charge in [-0.1, -0.05) is 156 Å². The lowest BCUT2D eigenvalue weighted by Crippen LogP contribution is -2.25. The summed E-state index contributed by atoms with van der Waals surface area (Å²) in [4.78, 5) is 23.8. The number of carbonyl (C=O) groups is 2. The van der Waals surface area contributed by atoms with Crippen LogP contribution in [0.1, 0.15) is 182 Å². The lowest BCUT2D eigenvalue weighted by atomic mass is 10.00. The van der Waals surface area contributed by atoms with Crippen LogP contribution in [0, 0.1) is 11.8 Å². The van der Waals surface area contributed by atoms with Gasteiger partial charge in [0.25, 0.3) is 0 Å². The molecule has 0 saturated carbocycles. The number of aliphatic hydroxyl groups excluding tert-OH is 1. The van der Waals surface area contributed by atoms with Gasteiger partial charge in [-0.3, -0.25) is 9.59 Å². The molecule has 238 valence electrons. The Balaban J connectivity index is 3.41. The van der Waals surface area contributed by atoms with E-state index in [1.165, 1.54) is 109 Å². The van der Waals surface area contributed by atoms with Gasteiger partial charge in [-0.15, -0.1) is 0 Å². The maximum Gasteiger partial charge on any atom is 0.305 e. The predicted molar refractivity (Wildman–Crippen MR) is 168 cm³/mol. The van der Waals surface area contributed by atoms with Crippen LogP contribution in [0.25, 0.3) is 0 Å². The van der Waals surface area contributed by atoms with E-state index in [1.54, 1.807) is 0 Å². The fraction of sp³-hybridized carbons (Fsp3) is 0.943. The molecule has 0 fully saturated rings. The van der Waals surface area contributed by atoms with Crippen LogP contribution in [-0.2, 0) is 19.1 Å². The average molecular weight is 569 g/mol. The number of hydrogen-bond donors (Lipinski definition) is 1. The van der Waals surface area contributed by atoms with Gasteiger partial charge in [0.15, 0.2) is 0 Å². The molecule has 0 rings (SSSR count). The summed E-state index contributed by atoms with van der Waals surface area (Å²) in [5.41, 5.74) is 0. The van der Waals surface area contributed by atoms with Crippen LogP contribution in [0.3, 0.4) is 0 Å². The van der Waals surface area contributed by atoms with E-state index in [1.807, 2.05) is 0 Å². The summed E-state index contributed by atoms with van der Waals surface area (Å²) in [5, 5.41) is 9.95. The lowest BCUT2D eigenvalue weighted by molar-refractivity contribution is -0.152. The third-order valence-corrected chi connectivity index (χ3v) is 8.06. The highest BCUT2D eigenvalue weighted by Crippen LogP contribution is 2.16. The summed E-state index contributed by atoms with van der Waals surface area (Å²) in [6.07, 6.45) is 27.2. The minimum Gasteiger partial charge on any atom is -0.463 e. The van der Waals surface area contributed by atoms with Crippen molar-refractivity contribution in [2.75, 3.05) is 13.2 Å². The maximum atomic E-state index is 11.9. The normalized spacial score (nSPS) is 12.9. The van der Waals surface area contributed by atoms with E-state index in [0.717, 1.165) is 43.9 Å².